The van der Waals surface area contributed by atoms with Crippen LogP contribution >= 0.6 is 0 Å². The molecular formula is C37H39N3O6. The van der Waals surface area contributed by atoms with Crippen molar-refractivity contribution in [1.82, 2.24) is 9.88 Å². The first-order valence-corrected chi connectivity index (χ1v) is 15.5. The fourth-order valence-corrected chi connectivity index (χ4v) is 6.37. The highest BCUT2D eigenvalue weighted by atomic mass is 16.5. The number of ether oxygens (including phenoxy) is 4. The molecule has 0 fully saturated rings. The van der Waals surface area contributed by atoms with Gasteiger partial charge in [0.15, 0.2) is 16.9 Å². The van der Waals surface area contributed by atoms with Gasteiger partial charge in [-0.05, 0) is 90.5 Å². The van der Waals surface area contributed by atoms with Crippen molar-refractivity contribution in [3.63, 3.8) is 0 Å². The molecule has 0 aliphatic carbocycles. The number of aromatic nitrogens is 1. The van der Waals surface area contributed by atoms with Crippen LogP contribution in [0.2, 0.25) is 0 Å². The molecule has 1 aliphatic heterocycles. The lowest BCUT2D eigenvalue weighted by Gasteiger charge is -2.29. The number of aromatic amines is 1. The van der Waals surface area contributed by atoms with Gasteiger partial charge in [-0.15, -0.1) is 0 Å². The summed E-state index contributed by atoms with van der Waals surface area (Å²) in [6, 6.07) is 20.9. The van der Waals surface area contributed by atoms with Gasteiger partial charge in [0, 0.05) is 23.9 Å². The second-order valence-electron chi connectivity index (χ2n) is 11.5. The van der Waals surface area contributed by atoms with Crippen LogP contribution in [0, 0.1) is 0 Å². The number of nitrogens with zero attached hydrogens (tertiary/aromatic N) is 1. The number of aryl methyl sites for hydroxylation is 1. The molecule has 0 atom stereocenters. The average molecular weight is 622 g/mol. The van der Waals surface area contributed by atoms with Crippen LogP contribution < -0.4 is 29.7 Å². The van der Waals surface area contributed by atoms with E-state index >= 15 is 0 Å². The topological polar surface area (TPSA) is 102 Å². The SMILES string of the molecule is COc1cc(CCCN2CCc3cc(OC)c(OC)cc3C2)ccc1NC(=O)Cc1cccc2c(=O)c3cccc(OC)c3[nH]c12. The number of para-hydroxylation sites is 2. The molecule has 9 nitrogen and oxygen atoms in total. The summed E-state index contributed by atoms with van der Waals surface area (Å²) >= 11 is 0. The molecule has 2 heterocycles. The highest BCUT2D eigenvalue weighted by Crippen LogP contribution is 2.33. The Morgan fingerprint density at radius 2 is 1.50 bits per heavy atom. The Labute approximate surface area is 268 Å². The zero-order valence-electron chi connectivity index (χ0n) is 26.7. The molecule has 1 amide bonds. The number of methoxy groups -OCH3 is 4. The Balaban J connectivity index is 1.10. The predicted molar refractivity (Wildman–Crippen MR) is 181 cm³/mol. The van der Waals surface area contributed by atoms with Crippen LogP contribution in [-0.4, -0.2) is 57.3 Å². The first-order valence-electron chi connectivity index (χ1n) is 15.5. The van der Waals surface area contributed by atoms with Crippen molar-refractivity contribution in [3.05, 3.63) is 99.2 Å². The molecule has 9 heteroatoms. The van der Waals surface area contributed by atoms with E-state index in [1.165, 1.54) is 11.1 Å². The molecular weight excluding hydrogens is 582 g/mol. The number of carbonyl (C=O) groups is 1. The minimum absolute atomic E-state index is 0.0798. The summed E-state index contributed by atoms with van der Waals surface area (Å²) in [7, 11) is 6.52. The number of anilines is 1. The number of amides is 1. The van der Waals surface area contributed by atoms with Crippen molar-refractivity contribution >= 4 is 33.4 Å². The zero-order chi connectivity index (χ0) is 32.2. The van der Waals surface area contributed by atoms with Crippen LogP contribution in [0.5, 0.6) is 23.0 Å². The van der Waals surface area contributed by atoms with Crippen molar-refractivity contribution in [2.75, 3.05) is 46.8 Å². The Morgan fingerprint density at radius 3 is 2.24 bits per heavy atom. The number of rotatable bonds is 11. The molecule has 2 N–H and O–H groups in total. The minimum atomic E-state index is -0.209. The predicted octanol–water partition coefficient (Wildman–Crippen LogP) is 5.89. The maximum Gasteiger partial charge on any atom is 0.228 e. The number of H-pyrrole nitrogens is 1. The van der Waals surface area contributed by atoms with Gasteiger partial charge in [0.25, 0.3) is 0 Å². The molecule has 0 spiro atoms. The summed E-state index contributed by atoms with van der Waals surface area (Å²) in [5.74, 6) is 2.52. The molecule has 0 bridgehead atoms. The van der Waals surface area contributed by atoms with E-state index in [2.05, 4.69) is 27.3 Å². The summed E-state index contributed by atoms with van der Waals surface area (Å²) in [6.07, 6.45) is 2.95. The van der Waals surface area contributed by atoms with E-state index in [1.54, 1.807) is 58.8 Å². The van der Waals surface area contributed by atoms with Crippen LogP contribution in [0.4, 0.5) is 5.69 Å². The fraction of sp³-hybridized carbons (Fsp3) is 0.297. The first kappa shape index (κ1) is 31.0. The van der Waals surface area contributed by atoms with Gasteiger partial charge in [-0.25, -0.2) is 0 Å². The van der Waals surface area contributed by atoms with E-state index < -0.39 is 0 Å². The lowest BCUT2D eigenvalue weighted by molar-refractivity contribution is -0.115. The molecule has 0 saturated carbocycles. The van der Waals surface area contributed by atoms with Gasteiger partial charge in [-0.2, -0.15) is 0 Å². The largest absolute Gasteiger partial charge is 0.495 e. The maximum absolute atomic E-state index is 13.3. The maximum atomic E-state index is 13.3. The van der Waals surface area contributed by atoms with Crippen LogP contribution in [0.15, 0.2) is 71.5 Å². The normalized spacial score (nSPS) is 13.0. The van der Waals surface area contributed by atoms with Gasteiger partial charge in [0.05, 0.1) is 51.6 Å². The Bertz CT molecular complexity index is 1970. The third kappa shape index (κ3) is 6.23. The van der Waals surface area contributed by atoms with Crippen LogP contribution in [0.25, 0.3) is 21.8 Å². The molecule has 6 rings (SSSR count). The lowest BCUT2D eigenvalue weighted by atomic mass is 9.98. The van der Waals surface area contributed by atoms with E-state index in [9.17, 15) is 9.59 Å². The summed E-state index contributed by atoms with van der Waals surface area (Å²) < 4.78 is 22.1. The van der Waals surface area contributed by atoms with Crippen LogP contribution in [-0.2, 0) is 30.6 Å². The highest BCUT2D eigenvalue weighted by molar-refractivity contribution is 5.99. The Kier molecular flexibility index (Phi) is 9.12. The van der Waals surface area contributed by atoms with Crippen molar-refractivity contribution in [2.24, 2.45) is 0 Å². The first-order chi connectivity index (χ1) is 22.4. The number of hydrogen-bond donors (Lipinski definition) is 2. The summed E-state index contributed by atoms with van der Waals surface area (Å²) in [5, 5.41) is 4.08. The van der Waals surface area contributed by atoms with E-state index in [0.29, 0.717) is 44.6 Å². The Hall–Kier alpha value is -5.02. The lowest BCUT2D eigenvalue weighted by Crippen LogP contribution is -2.31. The van der Waals surface area contributed by atoms with Gasteiger partial charge in [-0.3, -0.25) is 14.5 Å². The standard InChI is InChI=1S/C37H39N3O6/c1-43-30-12-6-11-28-36(30)39-35-25(9-5-10-27(35)37(28)42)21-34(41)38-29-14-13-23(18-31(29)44-2)8-7-16-40-17-15-24-19-32(45-3)33(46-4)20-26(24)22-40/h5-6,9-14,18-20H,7-8,15-17,21-22H2,1-4H3,(H,38,41)(H,39,42). The van der Waals surface area contributed by atoms with E-state index in [1.807, 2.05) is 24.3 Å². The molecule has 1 aromatic heterocycles. The van der Waals surface area contributed by atoms with Crippen molar-refractivity contribution in [2.45, 2.75) is 32.2 Å². The molecule has 0 unspecified atom stereocenters. The second kappa shape index (κ2) is 13.5. The van der Waals surface area contributed by atoms with Crippen LogP contribution in [0.1, 0.15) is 28.7 Å². The smallest absolute Gasteiger partial charge is 0.228 e. The van der Waals surface area contributed by atoms with E-state index in [-0.39, 0.29) is 17.8 Å². The van der Waals surface area contributed by atoms with Gasteiger partial charge < -0.3 is 29.2 Å². The zero-order valence-corrected chi connectivity index (χ0v) is 26.7. The molecule has 0 radical (unpaired) electrons. The number of hydrogen-bond acceptors (Lipinski definition) is 7. The summed E-state index contributed by atoms with van der Waals surface area (Å²) in [4.78, 5) is 32.3. The van der Waals surface area contributed by atoms with Gasteiger partial charge in [0.1, 0.15) is 11.5 Å². The third-order valence-corrected chi connectivity index (χ3v) is 8.76. The summed E-state index contributed by atoms with van der Waals surface area (Å²) in [5.41, 5.74) is 6.20. The van der Waals surface area contributed by atoms with Crippen LogP contribution in [0.3, 0.4) is 0 Å². The number of carbonyl (C=O) groups excluding carboxylic acids is 1. The molecule has 238 valence electrons. The molecule has 1 aliphatic rings. The second-order valence-corrected chi connectivity index (χ2v) is 11.5. The summed E-state index contributed by atoms with van der Waals surface area (Å²) in [6.45, 7) is 2.87. The van der Waals surface area contributed by atoms with Gasteiger partial charge >= 0.3 is 0 Å². The molecule has 0 saturated heterocycles. The fourth-order valence-electron chi connectivity index (χ4n) is 6.37. The van der Waals surface area contributed by atoms with E-state index in [0.717, 1.165) is 56.0 Å². The minimum Gasteiger partial charge on any atom is -0.495 e. The number of nitrogens with one attached hydrogen (secondary N) is 2. The van der Waals surface area contributed by atoms with Crippen molar-refractivity contribution in [1.29, 1.82) is 0 Å². The highest BCUT2D eigenvalue weighted by Gasteiger charge is 2.20. The number of fused-ring (bicyclic) bond motifs is 3. The number of pyridine rings is 1. The monoisotopic (exact) mass is 621 g/mol. The molecule has 4 aromatic carbocycles. The average Bonchev–Trinajstić information content (AvgIpc) is 3.08. The molecule has 5 aromatic rings. The van der Waals surface area contributed by atoms with Gasteiger partial charge in [-0.1, -0.05) is 24.3 Å². The van der Waals surface area contributed by atoms with Crippen molar-refractivity contribution in [3.8, 4) is 23.0 Å². The Morgan fingerprint density at radius 1 is 0.804 bits per heavy atom. The van der Waals surface area contributed by atoms with Gasteiger partial charge in [0.2, 0.25) is 5.91 Å². The van der Waals surface area contributed by atoms with Crippen molar-refractivity contribution < 1.29 is 23.7 Å². The molecule has 46 heavy (non-hydrogen) atoms. The quantitative estimate of drug-likeness (QED) is 0.178. The number of benzene rings is 4. The van der Waals surface area contributed by atoms with E-state index in [4.69, 9.17) is 18.9 Å². The third-order valence-electron chi connectivity index (χ3n) is 8.76.